The van der Waals surface area contributed by atoms with Crippen molar-refractivity contribution in [2.45, 2.75) is 39.5 Å². The van der Waals surface area contributed by atoms with Crippen LogP contribution in [0.15, 0.2) is 54.6 Å². The normalized spacial score (nSPS) is 10.5. The van der Waals surface area contributed by atoms with Crippen LogP contribution in [0.25, 0.3) is 0 Å². The minimum atomic E-state index is 1.05. The molecule has 0 aromatic heterocycles. The molecule has 0 heterocycles. The molecule has 0 aliphatic carbocycles. The van der Waals surface area contributed by atoms with Gasteiger partial charge in [0, 0.05) is 30.2 Å². The maximum atomic E-state index is 3.48. The van der Waals surface area contributed by atoms with Gasteiger partial charge in [-0.2, -0.15) is 0 Å². The fourth-order valence-corrected chi connectivity index (χ4v) is 2.50. The molecule has 0 amide bonds. The molecule has 0 fully saturated rings. The van der Waals surface area contributed by atoms with E-state index in [1.807, 2.05) is 0 Å². The Morgan fingerprint density at radius 2 is 1.41 bits per heavy atom. The van der Waals surface area contributed by atoms with Gasteiger partial charge in [-0.25, -0.2) is 0 Å². The number of hydrogen-bond donors (Lipinski definition) is 1. The first kappa shape index (κ1) is 16.4. The van der Waals surface area contributed by atoms with E-state index >= 15 is 0 Å². The van der Waals surface area contributed by atoms with Gasteiger partial charge in [-0.15, -0.1) is 0 Å². The van der Waals surface area contributed by atoms with Crippen LogP contribution in [0.5, 0.6) is 0 Å². The van der Waals surface area contributed by atoms with Crippen molar-refractivity contribution >= 4 is 17.1 Å². The van der Waals surface area contributed by atoms with Crippen LogP contribution in [0.1, 0.15) is 39.5 Å². The third-order valence-corrected chi connectivity index (χ3v) is 3.84. The highest BCUT2D eigenvalue weighted by Crippen LogP contribution is 2.26. The van der Waals surface area contributed by atoms with Crippen molar-refractivity contribution in [2.24, 2.45) is 0 Å². The van der Waals surface area contributed by atoms with Crippen LogP contribution in [-0.2, 0) is 0 Å². The van der Waals surface area contributed by atoms with E-state index in [0.717, 1.165) is 13.1 Å². The summed E-state index contributed by atoms with van der Waals surface area (Å²) in [6, 6.07) is 19.5. The van der Waals surface area contributed by atoms with Crippen LogP contribution < -0.4 is 10.2 Å². The molecule has 2 heteroatoms. The summed E-state index contributed by atoms with van der Waals surface area (Å²) in [6.07, 6.45) is 4.85. The van der Waals surface area contributed by atoms with E-state index in [2.05, 4.69) is 78.7 Å². The van der Waals surface area contributed by atoms with Crippen LogP contribution >= 0.6 is 0 Å². The fourth-order valence-electron chi connectivity index (χ4n) is 2.50. The molecule has 2 nitrogen and oxygen atoms in total. The summed E-state index contributed by atoms with van der Waals surface area (Å²) >= 11 is 0. The van der Waals surface area contributed by atoms with E-state index in [4.69, 9.17) is 0 Å². The zero-order valence-corrected chi connectivity index (χ0v) is 13.9. The second kappa shape index (κ2) is 9.14. The first-order valence-corrected chi connectivity index (χ1v) is 8.51. The van der Waals surface area contributed by atoms with Gasteiger partial charge < -0.3 is 10.2 Å². The lowest BCUT2D eigenvalue weighted by atomic mass is 10.2. The summed E-state index contributed by atoms with van der Waals surface area (Å²) in [5.41, 5.74) is 3.74. The number of nitrogens with one attached hydrogen (secondary N) is 1. The molecule has 0 unspecified atom stereocenters. The van der Waals surface area contributed by atoms with E-state index in [-0.39, 0.29) is 0 Å². The molecule has 0 saturated heterocycles. The molecule has 1 N–H and O–H groups in total. The van der Waals surface area contributed by atoms with Crippen LogP contribution in [0.3, 0.4) is 0 Å². The molecule has 0 aliphatic heterocycles. The maximum Gasteiger partial charge on any atom is 0.0412 e. The summed E-state index contributed by atoms with van der Waals surface area (Å²) in [6.45, 7) is 6.57. The lowest BCUT2D eigenvalue weighted by molar-refractivity contribution is 0.786. The van der Waals surface area contributed by atoms with Gasteiger partial charge in [0.25, 0.3) is 0 Å². The van der Waals surface area contributed by atoms with Gasteiger partial charge in [-0.3, -0.25) is 0 Å². The van der Waals surface area contributed by atoms with Crippen LogP contribution in [0.2, 0.25) is 0 Å². The quantitative estimate of drug-likeness (QED) is 0.585. The molecule has 0 bridgehead atoms. The van der Waals surface area contributed by atoms with E-state index in [1.54, 1.807) is 0 Å². The number of unbranched alkanes of at least 4 members (excludes halogenated alkanes) is 2. The Morgan fingerprint density at radius 3 is 2.05 bits per heavy atom. The molecule has 22 heavy (non-hydrogen) atoms. The number of rotatable bonds is 9. The van der Waals surface area contributed by atoms with Gasteiger partial charge in [-0.05, 0) is 49.2 Å². The van der Waals surface area contributed by atoms with Crippen molar-refractivity contribution in [1.82, 2.24) is 0 Å². The predicted octanol–water partition coefficient (Wildman–Crippen LogP) is 5.84. The Morgan fingerprint density at radius 1 is 0.773 bits per heavy atom. The summed E-state index contributed by atoms with van der Waals surface area (Å²) in [7, 11) is 0. The Hall–Kier alpha value is -1.96. The smallest absolute Gasteiger partial charge is 0.0412 e. The van der Waals surface area contributed by atoms with Gasteiger partial charge in [0.15, 0.2) is 0 Å². The van der Waals surface area contributed by atoms with Gasteiger partial charge in [0.2, 0.25) is 0 Å². The maximum absolute atomic E-state index is 3.48. The fraction of sp³-hybridized carbons (Fsp3) is 0.400. The summed E-state index contributed by atoms with van der Waals surface area (Å²) < 4.78 is 0. The highest BCUT2D eigenvalue weighted by Gasteiger charge is 2.08. The van der Waals surface area contributed by atoms with Crippen molar-refractivity contribution < 1.29 is 0 Å². The Bertz CT molecular complexity index is 519. The zero-order chi connectivity index (χ0) is 15.6. The first-order valence-electron chi connectivity index (χ1n) is 8.51. The van der Waals surface area contributed by atoms with Gasteiger partial charge in [0.05, 0.1) is 0 Å². The number of hydrogen-bond acceptors (Lipinski definition) is 2. The molecule has 2 rings (SSSR count). The highest BCUT2D eigenvalue weighted by atomic mass is 15.1. The van der Waals surface area contributed by atoms with Crippen LogP contribution in [-0.4, -0.2) is 13.1 Å². The van der Waals surface area contributed by atoms with Crippen LogP contribution in [0, 0.1) is 0 Å². The third-order valence-electron chi connectivity index (χ3n) is 3.84. The minimum Gasteiger partial charge on any atom is -0.385 e. The molecule has 0 radical (unpaired) electrons. The van der Waals surface area contributed by atoms with Crippen molar-refractivity contribution in [2.75, 3.05) is 23.3 Å². The molecule has 0 spiro atoms. The molecule has 0 saturated carbocycles. The second-order valence-corrected chi connectivity index (χ2v) is 5.67. The number of anilines is 3. The summed E-state index contributed by atoms with van der Waals surface area (Å²) in [5.74, 6) is 0. The Kier molecular flexibility index (Phi) is 6.82. The Balaban J connectivity index is 2.10. The lowest BCUT2D eigenvalue weighted by Gasteiger charge is -2.25. The summed E-state index contributed by atoms with van der Waals surface area (Å²) in [4.78, 5) is 2.40. The second-order valence-electron chi connectivity index (χ2n) is 5.67. The van der Waals surface area contributed by atoms with Crippen molar-refractivity contribution in [1.29, 1.82) is 0 Å². The minimum absolute atomic E-state index is 1.05. The first-order chi connectivity index (χ1) is 10.8. The molecule has 0 aliphatic rings. The van der Waals surface area contributed by atoms with E-state index in [0.29, 0.717) is 0 Å². The lowest BCUT2D eigenvalue weighted by Crippen LogP contribution is -2.18. The number of benzene rings is 2. The van der Waals surface area contributed by atoms with E-state index in [1.165, 1.54) is 42.7 Å². The predicted molar refractivity (Wildman–Crippen MR) is 98.2 cm³/mol. The van der Waals surface area contributed by atoms with Crippen molar-refractivity contribution in [3.8, 4) is 0 Å². The molecule has 2 aromatic rings. The average molecular weight is 296 g/mol. The molecular weight excluding hydrogens is 268 g/mol. The zero-order valence-electron chi connectivity index (χ0n) is 13.9. The van der Waals surface area contributed by atoms with Crippen LogP contribution in [0.4, 0.5) is 17.1 Å². The molecule has 118 valence electrons. The van der Waals surface area contributed by atoms with Gasteiger partial charge in [0.1, 0.15) is 0 Å². The SMILES string of the molecule is CCCCNc1ccc(N(CCCC)c2ccccc2)cc1. The largest absolute Gasteiger partial charge is 0.385 e. The summed E-state index contributed by atoms with van der Waals surface area (Å²) in [5, 5.41) is 3.48. The molecule has 0 atom stereocenters. The average Bonchev–Trinajstić information content (AvgIpc) is 2.58. The van der Waals surface area contributed by atoms with E-state index in [9.17, 15) is 0 Å². The number of nitrogens with zero attached hydrogens (tertiary/aromatic N) is 1. The number of para-hydroxylation sites is 1. The Labute approximate surface area is 135 Å². The third kappa shape index (κ3) is 4.80. The highest BCUT2D eigenvalue weighted by molar-refractivity contribution is 5.65. The van der Waals surface area contributed by atoms with Gasteiger partial charge in [-0.1, -0.05) is 44.9 Å². The van der Waals surface area contributed by atoms with Crippen molar-refractivity contribution in [3.05, 3.63) is 54.6 Å². The standard InChI is InChI=1S/C20H28N2/c1-3-5-16-21-18-12-14-20(15-13-18)22(17-6-4-2)19-10-8-7-9-11-19/h7-15,21H,3-6,16-17H2,1-2H3. The van der Waals surface area contributed by atoms with E-state index < -0.39 is 0 Å². The molecule has 2 aromatic carbocycles. The van der Waals surface area contributed by atoms with Crippen molar-refractivity contribution in [3.63, 3.8) is 0 Å². The monoisotopic (exact) mass is 296 g/mol. The topological polar surface area (TPSA) is 15.3 Å². The molecular formula is C20H28N2. The van der Waals surface area contributed by atoms with Gasteiger partial charge >= 0.3 is 0 Å².